The molecule has 7 heteroatoms. The highest BCUT2D eigenvalue weighted by atomic mass is 32.1. The Hall–Kier alpha value is -1.86. The van der Waals surface area contributed by atoms with Crippen LogP contribution in [0.5, 0.6) is 0 Å². The number of imidazole rings is 1. The van der Waals surface area contributed by atoms with Gasteiger partial charge in [0, 0.05) is 26.2 Å². The zero-order valence-electron chi connectivity index (χ0n) is 12.5. The molecule has 2 atom stereocenters. The highest BCUT2D eigenvalue weighted by Gasteiger charge is 2.26. The first-order valence-electron chi connectivity index (χ1n) is 7.35. The van der Waals surface area contributed by atoms with E-state index in [9.17, 15) is 4.79 Å². The molecular weight excluding hydrogens is 300 g/mol. The average Bonchev–Trinajstić information content (AvgIpc) is 3.16. The molecule has 22 heavy (non-hydrogen) atoms. The highest BCUT2D eigenvalue weighted by molar-refractivity contribution is 7.07. The van der Waals surface area contributed by atoms with Crippen LogP contribution in [0, 0.1) is 0 Å². The van der Waals surface area contributed by atoms with Gasteiger partial charge in [0.25, 0.3) is 0 Å². The number of nitrogens with zero attached hydrogens (tertiary/aromatic N) is 2. The Balaban J connectivity index is 1.49. The van der Waals surface area contributed by atoms with Gasteiger partial charge in [0.1, 0.15) is 6.10 Å². The first-order chi connectivity index (χ1) is 10.7. The molecule has 1 fully saturated rings. The van der Waals surface area contributed by atoms with Crippen molar-refractivity contribution in [1.82, 2.24) is 20.2 Å². The van der Waals surface area contributed by atoms with Crippen LogP contribution in [0.25, 0.3) is 0 Å². The summed E-state index contributed by atoms with van der Waals surface area (Å²) in [6, 6.07) is 2.01. The van der Waals surface area contributed by atoms with Crippen LogP contribution in [0.3, 0.4) is 0 Å². The number of aromatic nitrogens is 2. The van der Waals surface area contributed by atoms with E-state index in [1.807, 2.05) is 34.6 Å². The van der Waals surface area contributed by atoms with Gasteiger partial charge in [-0.25, -0.2) is 9.78 Å². The number of rotatable bonds is 4. The minimum atomic E-state index is -0.123. The standard InChI is InChI=1S/C15H20N4O2S/c1-19-10-16-8-13(19)14-6-12(2-4-21-14)18-15(20)17-7-11-3-5-22-9-11/h3,5,8-10,12,14H,2,4,6-7H2,1H3,(H2,17,18,20)/t12-,14+/m1/s1. The number of thiophene rings is 1. The molecule has 0 radical (unpaired) electrons. The molecule has 0 unspecified atom stereocenters. The molecule has 2 N–H and O–H groups in total. The zero-order valence-corrected chi connectivity index (χ0v) is 13.3. The maximum absolute atomic E-state index is 12.0. The van der Waals surface area contributed by atoms with Gasteiger partial charge >= 0.3 is 6.03 Å². The largest absolute Gasteiger partial charge is 0.372 e. The lowest BCUT2D eigenvalue weighted by molar-refractivity contribution is -0.00178. The fourth-order valence-corrected chi connectivity index (χ4v) is 3.29. The predicted octanol–water partition coefficient (Wildman–Crippen LogP) is 2.20. The van der Waals surface area contributed by atoms with E-state index in [0.717, 1.165) is 24.1 Å². The molecule has 0 spiro atoms. The van der Waals surface area contributed by atoms with Crippen molar-refractivity contribution in [2.45, 2.75) is 31.5 Å². The molecule has 3 rings (SSSR count). The number of carbonyl (C=O) groups excluding carboxylic acids is 1. The third kappa shape index (κ3) is 3.66. The van der Waals surface area contributed by atoms with Crippen LogP contribution in [0.2, 0.25) is 0 Å². The second-order valence-electron chi connectivity index (χ2n) is 5.47. The van der Waals surface area contributed by atoms with E-state index in [2.05, 4.69) is 15.6 Å². The Morgan fingerprint density at radius 2 is 2.50 bits per heavy atom. The number of amides is 2. The lowest BCUT2D eigenvalue weighted by atomic mass is 10.0. The monoisotopic (exact) mass is 320 g/mol. The zero-order chi connectivity index (χ0) is 15.4. The van der Waals surface area contributed by atoms with E-state index < -0.39 is 0 Å². The van der Waals surface area contributed by atoms with E-state index in [1.165, 1.54) is 0 Å². The van der Waals surface area contributed by atoms with E-state index in [-0.39, 0.29) is 18.2 Å². The van der Waals surface area contributed by atoms with Gasteiger partial charge < -0.3 is 19.9 Å². The SMILES string of the molecule is Cn1cncc1[C@@H]1C[C@H](NC(=O)NCc2ccsc2)CCO1. The molecule has 2 amide bonds. The summed E-state index contributed by atoms with van der Waals surface area (Å²) in [5.74, 6) is 0. The number of ether oxygens (including phenoxy) is 1. The molecule has 118 valence electrons. The predicted molar refractivity (Wildman–Crippen MR) is 84.6 cm³/mol. The van der Waals surface area contributed by atoms with Gasteiger partial charge in [-0.15, -0.1) is 0 Å². The summed E-state index contributed by atoms with van der Waals surface area (Å²) in [5.41, 5.74) is 2.17. The molecule has 2 aromatic rings. The molecule has 1 saturated heterocycles. The Morgan fingerprint density at radius 1 is 1.59 bits per heavy atom. The molecule has 1 aliphatic heterocycles. The molecule has 1 aliphatic rings. The quantitative estimate of drug-likeness (QED) is 0.907. The second-order valence-corrected chi connectivity index (χ2v) is 6.25. The van der Waals surface area contributed by atoms with Gasteiger partial charge in [0.2, 0.25) is 0 Å². The second kappa shape index (κ2) is 6.93. The number of nitrogens with one attached hydrogen (secondary N) is 2. The summed E-state index contributed by atoms with van der Waals surface area (Å²) in [4.78, 5) is 16.1. The summed E-state index contributed by atoms with van der Waals surface area (Å²) < 4.78 is 7.76. The van der Waals surface area contributed by atoms with Crippen LogP contribution in [-0.2, 0) is 18.3 Å². The first-order valence-corrected chi connectivity index (χ1v) is 8.30. The topological polar surface area (TPSA) is 68.2 Å². The van der Waals surface area contributed by atoms with Gasteiger partial charge in [0.05, 0.1) is 18.2 Å². The molecule has 0 bridgehead atoms. The van der Waals surface area contributed by atoms with Gasteiger partial charge in [-0.2, -0.15) is 11.3 Å². The van der Waals surface area contributed by atoms with E-state index in [4.69, 9.17) is 4.74 Å². The van der Waals surface area contributed by atoms with Gasteiger partial charge in [0.15, 0.2) is 0 Å². The van der Waals surface area contributed by atoms with Gasteiger partial charge in [-0.1, -0.05) is 0 Å². The summed E-state index contributed by atoms with van der Waals surface area (Å²) >= 11 is 1.63. The smallest absolute Gasteiger partial charge is 0.315 e. The Bertz CT molecular complexity index is 611. The van der Waals surface area contributed by atoms with Crippen molar-refractivity contribution in [3.63, 3.8) is 0 Å². The Kier molecular flexibility index (Phi) is 4.74. The van der Waals surface area contributed by atoms with E-state index >= 15 is 0 Å². The summed E-state index contributed by atoms with van der Waals surface area (Å²) in [6.45, 7) is 1.20. The van der Waals surface area contributed by atoms with Crippen LogP contribution >= 0.6 is 11.3 Å². The van der Waals surface area contributed by atoms with Crippen LogP contribution in [0.4, 0.5) is 4.79 Å². The van der Waals surface area contributed by atoms with E-state index in [1.54, 1.807) is 17.7 Å². The number of hydrogen-bond acceptors (Lipinski definition) is 4. The van der Waals surface area contributed by atoms with Crippen molar-refractivity contribution in [3.05, 3.63) is 40.6 Å². The number of aryl methyl sites for hydroxylation is 1. The van der Waals surface area contributed by atoms with Crippen molar-refractivity contribution in [3.8, 4) is 0 Å². The third-order valence-electron chi connectivity index (χ3n) is 3.84. The molecule has 6 nitrogen and oxygen atoms in total. The van der Waals surface area contributed by atoms with E-state index in [0.29, 0.717) is 13.2 Å². The van der Waals surface area contributed by atoms with Crippen molar-refractivity contribution in [2.24, 2.45) is 7.05 Å². The van der Waals surface area contributed by atoms with Crippen LogP contribution in [0.1, 0.15) is 30.2 Å². The van der Waals surface area contributed by atoms with Gasteiger partial charge in [-0.05, 0) is 35.2 Å². The summed E-state index contributed by atoms with van der Waals surface area (Å²) in [7, 11) is 1.95. The van der Waals surface area contributed by atoms with Crippen LogP contribution in [-0.4, -0.2) is 28.2 Å². The summed E-state index contributed by atoms with van der Waals surface area (Å²) in [5, 5.41) is 9.97. The van der Waals surface area contributed by atoms with Crippen LogP contribution < -0.4 is 10.6 Å². The van der Waals surface area contributed by atoms with Crippen molar-refractivity contribution < 1.29 is 9.53 Å². The average molecular weight is 320 g/mol. The molecule has 0 aromatic carbocycles. The molecule has 3 heterocycles. The first kappa shape index (κ1) is 15.1. The fourth-order valence-electron chi connectivity index (χ4n) is 2.62. The molecule has 0 aliphatic carbocycles. The van der Waals surface area contributed by atoms with Crippen molar-refractivity contribution in [1.29, 1.82) is 0 Å². The maximum Gasteiger partial charge on any atom is 0.315 e. The highest BCUT2D eigenvalue weighted by Crippen LogP contribution is 2.27. The third-order valence-corrected chi connectivity index (χ3v) is 4.57. The molecular formula is C15H20N4O2S. The maximum atomic E-state index is 12.0. The van der Waals surface area contributed by atoms with Gasteiger partial charge in [-0.3, -0.25) is 0 Å². The lowest BCUT2D eigenvalue weighted by Gasteiger charge is -2.30. The molecule has 0 saturated carbocycles. The lowest BCUT2D eigenvalue weighted by Crippen LogP contribution is -2.44. The van der Waals surface area contributed by atoms with Crippen molar-refractivity contribution >= 4 is 17.4 Å². The minimum Gasteiger partial charge on any atom is -0.372 e. The van der Waals surface area contributed by atoms with Crippen molar-refractivity contribution in [2.75, 3.05) is 6.61 Å². The fraction of sp³-hybridized carbons (Fsp3) is 0.467. The van der Waals surface area contributed by atoms with Crippen LogP contribution in [0.15, 0.2) is 29.4 Å². The number of urea groups is 1. The Labute approximate surface area is 133 Å². The Morgan fingerprint density at radius 3 is 3.23 bits per heavy atom. The number of hydrogen-bond donors (Lipinski definition) is 2. The number of carbonyl (C=O) groups is 1. The normalized spacial score (nSPS) is 21.5. The molecule has 2 aromatic heterocycles. The minimum absolute atomic E-state index is 0.0107. The summed E-state index contributed by atoms with van der Waals surface area (Å²) in [6.07, 6.45) is 5.18.